The zero-order valence-corrected chi connectivity index (χ0v) is 21.5. The molecule has 34 heavy (non-hydrogen) atoms. The molecular formula is C25H31N3O4S2. The van der Waals surface area contributed by atoms with E-state index >= 15 is 0 Å². The molecule has 2 aromatic rings. The van der Waals surface area contributed by atoms with Gasteiger partial charge in [-0.05, 0) is 62.1 Å². The number of carbonyl (C=O) groups excluding carboxylic acids is 2. The molecule has 7 nitrogen and oxygen atoms in total. The summed E-state index contributed by atoms with van der Waals surface area (Å²) >= 11 is 1.53. The number of hydrogen-bond acceptors (Lipinski definition) is 5. The lowest BCUT2D eigenvalue weighted by Crippen LogP contribution is -2.39. The quantitative estimate of drug-likeness (QED) is 0.659. The van der Waals surface area contributed by atoms with Crippen LogP contribution in [0.25, 0.3) is 0 Å². The van der Waals surface area contributed by atoms with E-state index in [0.29, 0.717) is 24.5 Å². The van der Waals surface area contributed by atoms with Crippen LogP contribution in [0.15, 0.2) is 46.2 Å². The second kappa shape index (κ2) is 10.1. The zero-order chi connectivity index (χ0) is 24.5. The molecule has 0 bridgehead atoms. The Hall–Kier alpha value is -2.36. The van der Waals surface area contributed by atoms with Crippen LogP contribution in [0.1, 0.15) is 43.7 Å². The normalized spacial score (nSPS) is 19.4. The summed E-state index contributed by atoms with van der Waals surface area (Å²) in [5, 5.41) is 2.93. The number of hydrogen-bond donors (Lipinski definition) is 1. The van der Waals surface area contributed by atoms with Gasteiger partial charge in [-0.2, -0.15) is 4.31 Å². The predicted molar refractivity (Wildman–Crippen MR) is 136 cm³/mol. The van der Waals surface area contributed by atoms with Crippen molar-refractivity contribution in [2.45, 2.75) is 61.5 Å². The van der Waals surface area contributed by atoms with Crippen LogP contribution in [-0.4, -0.2) is 49.4 Å². The first-order valence-electron chi connectivity index (χ1n) is 11.6. The van der Waals surface area contributed by atoms with Gasteiger partial charge in [-0.1, -0.05) is 25.5 Å². The van der Waals surface area contributed by atoms with E-state index in [1.807, 2.05) is 39.0 Å². The number of anilines is 2. The molecule has 4 rings (SSSR count). The standard InChI is InChI=1S/C25H31N3O4S2/c1-17-8-7-9-21(19(17)3)26-24(29)16-28-22-15-20(34(31,32)27-12-5-4-6-13-27)10-11-23(22)33-18(2)14-25(28)30/h7-11,15,18H,4-6,12-14,16H2,1-3H3,(H,26,29). The molecule has 0 aliphatic carbocycles. The number of amides is 2. The molecule has 1 N–H and O–H groups in total. The van der Waals surface area contributed by atoms with Gasteiger partial charge in [0, 0.05) is 35.3 Å². The second-order valence-corrected chi connectivity index (χ2v) is 12.4. The molecule has 2 aliphatic rings. The summed E-state index contributed by atoms with van der Waals surface area (Å²) in [6, 6.07) is 10.6. The van der Waals surface area contributed by atoms with Crippen molar-refractivity contribution < 1.29 is 18.0 Å². The Morgan fingerprint density at radius 1 is 1.12 bits per heavy atom. The van der Waals surface area contributed by atoms with Crippen LogP contribution in [-0.2, 0) is 19.6 Å². The Labute approximate surface area is 205 Å². The number of carbonyl (C=O) groups is 2. The average Bonchev–Trinajstić information content (AvgIpc) is 2.92. The minimum Gasteiger partial charge on any atom is -0.324 e. The summed E-state index contributed by atoms with van der Waals surface area (Å²) in [4.78, 5) is 28.5. The van der Waals surface area contributed by atoms with Crippen LogP contribution in [0.5, 0.6) is 0 Å². The fourth-order valence-electron chi connectivity index (χ4n) is 4.36. The number of fused-ring (bicyclic) bond motifs is 1. The summed E-state index contributed by atoms with van der Waals surface area (Å²) in [5.74, 6) is -0.515. The number of sulfonamides is 1. The highest BCUT2D eigenvalue weighted by Crippen LogP contribution is 2.40. The summed E-state index contributed by atoms with van der Waals surface area (Å²) in [6.07, 6.45) is 2.99. The highest BCUT2D eigenvalue weighted by Gasteiger charge is 2.32. The van der Waals surface area contributed by atoms with Gasteiger partial charge >= 0.3 is 0 Å². The van der Waals surface area contributed by atoms with Crippen molar-refractivity contribution in [3.05, 3.63) is 47.5 Å². The largest absolute Gasteiger partial charge is 0.324 e. The van der Waals surface area contributed by atoms with Gasteiger partial charge in [0.05, 0.1) is 10.6 Å². The second-order valence-electron chi connectivity index (χ2n) is 9.00. The maximum absolute atomic E-state index is 13.3. The Bertz CT molecular complexity index is 1210. The third-order valence-corrected chi connectivity index (χ3v) is 9.51. The lowest BCUT2D eigenvalue weighted by molar-refractivity contribution is -0.121. The summed E-state index contributed by atoms with van der Waals surface area (Å²) in [5.41, 5.74) is 3.22. The van der Waals surface area contributed by atoms with Gasteiger partial charge in [0.2, 0.25) is 21.8 Å². The van der Waals surface area contributed by atoms with Gasteiger partial charge in [-0.15, -0.1) is 11.8 Å². The molecule has 0 aromatic heterocycles. The van der Waals surface area contributed by atoms with E-state index in [0.717, 1.165) is 35.3 Å². The molecule has 2 aromatic carbocycles. The van der Waals surface area contributed by atoms with Crippen LogP contribution >= 0.6 is 11.8 Å². The van der Waals surface area contributed by atoms with Gasteiger partial charge in [-0.3, -0.25) is 9.59 Å². The minimum absolute atomic E-state index is 0.0166. The predicted octanol–water partition coefficient (Wildman–Crippen LogP) is 4.33. The molecule has 1 unspecified atom stereocenters. The number of nitrogens with zero attached hydrogens (tertiary/aromatic N) is 2. The SMILES string of the molecule is Cc1cccc(NC(=O)CN2C(=O)CC(C)Sc3ccc(S(=O)(=O)N4CCCCC4)cc32)c1C. The molecule has 2 amide bonds. The van der Waals surface area contributed by atoms with Crippen LogP contribution in [0, 0.1) is 13.8 Å². The van der Waals surface area contributed by atoms with E-state index in [9.17, 15) is 18.0 Å². The smallest absolute Gasteiger partial charge is 0.244 e. The van der Waals surface area contributed by atoms with E-state index in [2.05, 4.69) is 5.32 Å². The highest BCUT2D eigenvalue weighted by molar-refractivity contribution is 8.00. The molecule has 1 atom stereocenters. The molecule has 0 saturated carbocycles. The van der Waals surface area contributed by atoms with E-state index in [1.54, 1.807) is 18.2 Å². The molecule has 2 aliphatic heterocycles. The van der Waals surface area contributed by atoms with Crippen molar-refractivity contribution in [3.63, 3.8) is 0 Å². The van der Waals surface area contributed by atoms with Crippen molar-refractivity contribution in [2.75, 3.05) is 29.9 Å². The first-order valence-corrected chi connectivity index (χ1v) is 14.0. The Kier molecular flexibility index (Phi) is 7.35. The maximum Gasteiger partial charge on any atom is 0.244 e. The molecular weight excluding hydrogens is 470 g/mol. The van der Waals surface area contributed by atoms with Crippen molar-refractivity contribution in [1.82, 2.24) is 4.31 Å². The number of benzene rings is 2. The van der Waals surface area contributed by atoms with E-state index < -0.39 is 10.0 Å². The maximum atomic E-state index is 13.3. The van der Waals surface area contributed by atoms with Crippen molar-refractivity contribution in [1.29, 1.82) is 0 Å². The van der Waals surface area contributed by atoms with E-state index in [4.69, 9.17) is 0 Å². The van der Waals surface area contributed by atoms with Crippen LogP contribution in [0.2, 0.25) is 0 Å². The van der Waals surface area contributed by atoms with Gasteiger partial charge in [0.25, 0.3) is 0 Å². The number of piperidine rings is 1. The first kappa shape index (κ1) is 24.8. The monoisotopic (exact) mass is 501 g/mol. The van der Waals surface area contributed by atoms with Crippen LogP contribution in [0.3, 0.4) is 0 Å². The minimum atomic E-state index is -3.66. The Balaban J connectivity index is 1.65. The number of aryl methyl sites for hydroxylation is 1. The molecule has 2 heterocycles. The van der Waals surface area contributed by atoms with E-state index in [-0.39, 0.29) is 34.9 Å². The average molecular weight is 502 g/mol. The van der Waals surface area contributed by atoms with Crippen molar-refractivity contribution >= 4 is 45.0 Å². The zero-order valence-electron chi connectivity index (χ0n) is 19.8. The number of rotatable bonds is 5. The molecule has 1 saturated heterocycles. The fourth-order valence-corrected chi connectivity index (χ4v) is 7.00. The molecule has 9 heteroatoms. The lowest BCUT2D eigenvalue weighted by Gasteiger charge is -2.27. The summed E-state index contributed by atoms with van der Waals surface area (Å²) in [6.45, 7) is 6.71. The third kappa shape index (κ3) is 5.16. The van der Waals surface area contributed by atoms with Gasteiger partial charge < -0.3 is 10.2 Å². The summed E-state index contributed by atoms with van der Waals surface area (Å²) in [7, 11) is -3.66. The van der Waals surface area contributed by atoms with Gasteiger partial charge in [0.1, 0.15) is 6.54 Å². The Morgan fingerprint density at radius 3 is 2.59 bits per heavy atom. The first-order chi connectivity index (χ1) is 16.2. The van der Waals surface area contributed by atoms with Gasteiger partial charge in [-0.25, -0.2) is 8.42 Å². The molecule has 182 valence electrons. The highest BCUT2D eigenvalue weighted by atomic mass is 32.2. The molecule has 0 radical (unpaired) electrons. The number of nitrogens with one attached hydrogen (secondary N) is 1. The fraction of sp³-hybridized carbons (Fsp3) is 0.440. The van der Waals surface area contributed by atoms with Gasteiger partial charge in [0.15, 0.2) is 0 Å². The number of thioether (sulfide) groups is 1. The topological polar surface area (TPSA) is 86.8 Å². The van der Waals surface area contributed by atoms with Crippen LogP contribution < -0.4 is 10.2 Å². The van der Waals surface area contributed by atoms with Crippen LogP contribution in [0.4, 0.5) is 11.4 Å². The molecule has 1 fully saturated rings. The lowest BCUT2D eigenvalue weighted by atomic mass is 10.1. The van der Waals surface area contributed by atoms with E-state index in [1.165, 1.54) is 21.0 Å². The third-order valence-electron chi connectivity index (χ3n) is 6.45. The van der Waals surface area contributed by atoms with Crippen molar-refractivity contribution in [2.24, 2.45) is 0 Å². The Morgan fingerprint density at radius 2 is 1.85 bits per heavy atom. The summed E-state index contributed by atoms with van der Waals surface area (Å²) < 4.78 is 28.1. The molecule has 0 spiro atoms. The van der Waals surface area contributed by atoms with Crippen molar-refractivity contribution in [3.8, 4) is 0 Å².